The third kappa shape index (κ3) is 6.22. The van der Waals surface area contributed by atoms with E-state index in [0.29, 0.717) is 19.2 Å². The summed E-state index contributed by atoms with van der Waals surface area (Å²) in [5.74, 6) is 2.36. The Morgan fingerprint density at radius 2 is 2.04 bits per heavy atom. The van der Waals surface area contributed by atoms with Gasteiger partial charge in [0.25, 0.3) is 0 Å². The molecule has 1 aromatic rings. The number of nitrogens with zero attached hydrogens (tertiary/aromatic N) is 1. The van der Waals surface area contributed by atoms with Crippen LogP contribution >= 0.6 is 24.0 Å². The minimum absolute atomic E-state index is 0. The van der Waals surface area contributed by atoms with E-state index >= 15 is 0 Å². The van der Waals surface area contributed by atoms with Crippen LogP contribution in [0.5, 0.6) is 11.5 Å². The lowest BCUT2D eigenvalue weighted by Crippen LogP contribution is -2.36. The summed E-state index contributed by atoms with van der Waals surface area (Å²) in [5, 5.41) is 6.42. The summed E-state index contributed by atoms with van der Waals surface area (Å²) < 4.78 is 11.5. The molecule has 0 aromatic heterocycles. The predicted molar refractivity (Wildman–Crippen MR) is 110 cm³/mol. The highest BCUT2D eigenvalue weighted by molar-refractivity contribution is 14.0. The Bertz CT molecular complexity index is 543. The van der Waals surface area contributed by atoms with Gasteiger partial charge in [-0.05, 0) is 43.4 Å². The van der Waals surface area contributed by atoms with Crippen LogP contribution in [-0.2, 0) is 6.54 Å². The Balaban J connectivity index is 0.00000288. The van der Waals surface area contributed by atoms with E-state index in [1.165, 1.54) is 12.8 Å². The maximum Gasteiger partial charge on any atom is 0.191 e. The second kappa shape index (κ2) is 11.2. The number of ether oxygens (including phenoxy) is 2. The first-order valence-corrected chi connectivity index (χ1v) is 8.15. The molecule has 1 aliphatic carbocycles. The summed E-state index contributed by atoms with van der Waals surface area (Å²) in [6, 6.07) is 6.04. The van der Waals surface area contributed by atoms with E-state index in [0.717, 1.165) is 35.9 Å². The van der Waals surface area contributed by atoms with Crippen molar-refractivity contribution < 1.29 is 9.47 Å². The molecule has 1 saturated carbocycles. The third-order valence-electron chi connectivity index (χ3n) is 3.92. The van der Waals surface area contributed by atoms with E-state index in [-0.39, 0.29) is 24.0 Å². The molecule has 0 atom stereocenters. The number of hydrogen-bond acceptors (Lipinski definition) is 3. The number of halogens is 1. The van der Waals surface area contributed by atoms with Crippen LogP contribution in [-0.4, -0.2) is 32.8 Å². The van der Waals surface area contributed by atoms with Crippen molar-refractivity contribution in [2.45, 2.75) is 38.3 Å². The summed E-state index contributed by atoms with van der Waals surface area (Å²) in [4.78, 5) is 4.17. The Labute approximate surface area is 161 Å². The van der Waals surface area contributed by atoms with Gasteiger partial charge in [0.05, 0.1) is 13.2 Å². The zero-order chi connectivity index (χ0) is 16.5. The van der Waals surface area contributed by atoms with E-state index in [4.69, 9.17) is 9.47 Å². The van der Waals surface area contributed by atoms with Crippen LogP contribution in [0.1, 0.15) is 31.2 Å². The average molecular weight is 445 g/mol. The first-order chi connectivity index (χ1) is 11.3. The zero-order valence-corrected chi connectivity index (χ0v) is 16.8. The van der Waals surface area contributed by atoms with Crippen molar-refractivity contribution in [1.29, 1.82) is 0 Å². The molecular formula is C18H28IN3O2. The van der Waals surface area contributed by atoms with E-state index in [1.807, 2.05) is 18.2 Å². The lowest BCUT2D eigenvalue weighted by Gasteiger charge is -2.17. The molecule has 2 N–H and O–H groups in total. The molecule has 0 aliphatic heterocycles. The van der Waals surface area contributed by atoms with Gasteiger partial charge in [-0.15, -0.1) is 30.6 Å². The van der Waals surface area contributed by atoms with Crippen LogP contribution in [0.2, 0.25) is 0 Å². The summed E-state index contributed by atoms with van der Waals surface area (Å²) >= 11 is 0. The van der Waals surface area contributed by atoms with Crippen molar-refractivity contribution in [3.8, 4) is 11.5 Å². The van der Waals surface area contributed by atoms with Gasteiger partial charge in [0.2, 0.25) is 0 Å². The van der Waals surface area contributed by atoms with Crippen LogP contribution in [0.15, 0.2) is 35.8 Å². The van der Waals surface area contributed by atoms with Crippen LogP contribution < -0.4 is 20.1 Å². The average Bonchev–Trinajstić information content (AvgIpc) is 3.08. The minimum Gasteiger partial charge on any atom is -0.493 e. The number of nitrogens with one attached hydrogen (secondary N) is 2. The van der Waals surface area contributed by atoms with Gasteiger partial charge in [-0.2, -0.15) is 0 Å². The molecule has 0 radical (unpaired) electrons. The van der Waals surface area contributed by atoms with Crippen molar-refractivity contribution in [1.82, 2.24) is 10.6 Å². The van der Waals surface area contributed by atoms with Crippen molar-refractivity contribution in [2.75, 3.05) is 20.7 Å². The van der Waals surface area contributed by atoms with Gasteiger partial charge in [-0.25, -0.2) is 0 Å². The molecule has 0 heterocycles. The second-order valence-electron chi connectivity index (χ2n) is 5.60. The van der Waals surface area contributed by atoms with Gasteiger partial charge >= 0.3 is 0 Å². The Morgan fingerprint density at radius 3 is 2.67 bits per heavy atom. The fourth-order valence-corrected chi connectivity index (χ4v) is 2.68. The van der Waals surface area contributed by atoms with E-state index < -0.39 is 0 Å². The number of rotatable bonds is 7. The van der Waals surface area contributed by atoms with Crippen molar-refractivity contribution in [3.63, 3.8) is 0 Å². The van der Waals surface area contributed by atoms with E-state index in [1.54, 1.807) is 20.2 Å². The molecule has 0 unspecified atom stereocenters. The molecule has 1 aromatic carbocycles. The van der Waals surface area contributed by atoms with Crippen molar-refractivity contribution in [2.24, 2.45) is 4.99 Å². The summed E-state index contributed by atoms with van der Waals surface area (Å²) in [6.07, 6.45) is 6.87. The van der Waals surface area contributed by atoms with Gasteiger partial charge in [-0.3, -0.25) is 4.99 Å². The maximum atomic E-state index is 6.12. The first-order valence-electron chi connectivity index (χ1n) is 8.15. The van der Waals surface area contributed by atoms with E-state index in [2.05, 4.69) is 22.2 Å². The molecule has 0 amide bonds. The van der Waals surface area contributed by atoms with Gasteiger partial charge in [0, 0.05) is 20.1 Å². The van der Waals surface area contributed by atoms with Gasteiger partial charge in [-0.1, -0.05) is 12.1 Å². The molecule has 0 saturated heterocycles. The van der Waals surface area contributed by atoms with Gasteiger partial charge in [0.15, 0.2) is 17.5 Å². The lowest BCUT2D eigenvalue weighted by atomic mass is 10.2. The second-order valence-corrected chi connectivity index (χ2v) is 5.60. The molecule has 1 fully saturated rings. The molecule has 1 aliphatic rings. The highest BCUT2D eigenvalue weighted by atomic mass is 127. The molecule has 6 heteroatoms. The molecule has 2 rings (SSSR count). The number of methoxy groups -OCH3 is 1. The normalized spacial score (nSPS) is 14.7. The molecule has 0 spiro atoms. The van der Waals surface area contributed by atoms with Crippen molar-refractivity contribution in [3.05, 3.63) is 36.4 Å². The first kappa shape index (κ1) is 20.6. The minimum atomic E-state index is 0. The van der Waals surface area contributed by atoms with Crippen LogP contribution in [0.25, 0.3) is 0 Å². The number of aliphatic imine (C=N–C) groups is 1. The standard InChI is InChI=1S/C18H27N3O2.HI/c1-4-11-20-18(19-2)21-13-14-9-10-16(22-3)17(12-14)23-15-7-5-6-8-15;/h4,9-10,12,15H,1,5-8,11,13H2,2-3H3,(H2,19,20,21);1H. The SMILES string of the molecule is C=CCNC(=NC)NCc1ccc(OC)c(OC2CCCC2)c1.I. The van der Waals surface area contributed by atoms with E-state index in [9.17, 15) is 0 Å². The fourth-order valence-electron chi connectivity index (χ4n) is 2.68. The van der Waals surface area contributed by atoms with Crippen LogP contribution in [0.4, 0.5) is 0 Å². The molecule has 0 bridgehead atoms. The van der Waals surface area contributed by atoms with Crippen LogP contribution in [0, 0.1) is 0 Å². The third-order valence-corrected chi connectivity index (χ3v) is 3.92. The quantitative estimate of drug-likeness (QED) is 0.292. The Hall–Kier alpha value is -1.44. The summed E-state index contributed by atoms with van der Waals surface area (Å²) in [7, 11) is 3.43. The topological polar surface area (TPSA) is 54.9 Å². The zero-order valence-electron chi connectivity index (χ0n) is 14.5. The highest BCUT2D eigenvalue weighted by Crippen LogP contribution is 2.32. The number of guanidine groups is 1. The predicted octanol–water partition coefficient (Wildman–Crippen LogP) is 3.49. The maximum absolute atomic E-state index is 6.12. The fraction of sp³-hybridized carbons (Fsp3) is 0.500. The molecule has 24 heavy (non-hydrogen) atoms. The smallest absolute Gasteiger partial charge is 0.191 e. The monoisotopic (exact) mass is 445 g/mol. The highest BCUT2D eigenvalue weighted by Gasteiger charge is 2.18. The molecular weight excluding hydrogens is 417 g/mol. The molecule has 5 nitrogen and oxygen atoms in total. The lowest BCUT2D eigenvalue weighted by molar-refractivity contribution is 0.200. The Kier molecular flexibility index (Phi) is 9.59. The Morgan fingerprint density at radius 1 is 1.29 bits per heavy atom. The van der Waals surface area contributed by atoms with Gasteiger partial charge in [0.1, 0.15) is 0 Å². The summed E-state index contributed by atoms with van der Waals surface area (Å²) in [5.41, 5.74) is 1.13. The van der Waals surface area contributed by atoms with Gasteiger partial charge < -0.3 is 20.1 Å². The van der Waals surface area contributed by atoms with Crippen LogP contribution in [0.3, 0.4) is 0 Å². The summed E-state index contributed by atoms with van der Waals surface area (Å²) in [6.45, 7) is 5.04. The largest absolute Gasteiger partial charge is 0.493 e. The molecule has 134 valence electrons. The number of hydrogen-bond donors (Lipinski definition) is 2. The van der Waals surface area contributed by atoms with Crippen molar-refractivity contribution >= 4 is 29.9 Å². The number of benzene rings is 1.